The van der Waals surface area contributed by atoms with E-state index in [1.165, 1.54) is 18.5 Å². The molecule has 0 bridgehead atoms. The molecular weight excluding hydrogens is 216 g/mol. The van der Waals surface area contributed by atoms with Crippen molar-refractivity contribution in [1.29, 1.82) is 0 Å². The van der Waals surface area contributed by atoms with Gasteiger partial charge in [-0.3, -0.25) is 10.1 Å². The lowest BCUT2D eigenvalue weighted by Gasteiger charge is -2.25. The van der Waals surface area contributed by atoms with E-state index in [1.807, 2.05) is 7.05 Å². The molecular formula is C13H16N2O2. The van der Waals surface area contributed by atoms with Gasteiger partial charge in [-0.05, 0) is 37.8 Å². The van der Waals surface area contributed by atoms with E-state index in [2.05, 4.69) is 11.0 Å². The van der Waals surface area contributed by atoms with Crippen molar-refractivity contribution < 1.29 is 4.92 Å². The Morgan fingerprint density at radius 3 is 2.47 bits per heavy atom. The SMILES string of the molecule is CN(C1=CCCCC1)c1ccc([N+](=O)[O-])cc1. The van der Waals surface area contributed by atoms with Crippen LogP contribution < -0.4 is 4.90 Å². The Hall–Kier alpha value is -1.84. The zero-order valence-corrected chi connectivity index (χ0v) is 9.93. The van der Waals surface area contributed by atoms with Crippen molar-refractivity contribution in [3.8, 4) is 0 Å². The minimum absolute atomic E-state index is 0.139. The predicted molar refractivity (Wildman–Crippen MR) is 68.1 cm³/mol. The average molecular weight is 232 g/mol. The van der Waals surface area contributed by atoms with Gasteiger partial charge in [-0.25, -0.2) is 0 Å². The fourth-order valence-corrected chi connectivity index (χ4v) is 2.09. The van der Waals surface area contributed by atoms with Crippen molar-refractivity contribution >= 4 is 11.4 Å². The normalized spacial score (nSPS) is 15.2. The van der Waals surface area contributed by atoms with Crippen LogP contribution in [0.15, 0.2) is 36.0 Å². The van der Waals surface area contributed by atoms with Crippen molar-refractivity contribution in [2.75, 3.05) is 11.9 Å². The molecule has 90 valence electrons. The standard InChI is InChI=1S/C13H16N2O2/c1-14(11-5-3-2-4-6-11)12-7-9-13(10-8-12)15(16)17/h5,7-10H,2-4,6H2,1H3. The molecule has 1 aliphatic rings. The Balaban J connectivity index is 2.16. The molecule has 0 atom stereocenters. The fourth-order valence-electron chi connectivity index (χ4n) is 2.09. The van der Waals surface area contributed by atoms with Gasteiger partial charge in [0, 0.05) is 30.6 Å². The second kappa shape index (κ2) is 4.99. The molecule has 2 rings (SSSR count). The van der Waals surface area contributed by atoms with Gasteiger partial charge in [0.2, 0.25) is 0 Å². The zero-order chi connectivity index (χ0) is 12.3. The maximum Gasteiger partial charge on any atom is 0.269 e. The van der Waals surface area contributed by atoms with Gasteiger partial charge in [0.1, 0.15) is 0 Å². The second-order valence-corrected chi connectivity index (χ2v) is 4.27. The fraction of sp³-hybridized carbons (Fsp3) is 0.385. The third kappa shape index (κ3) is 2.64. The number of allylic oxidation sites excluding steroid dienone is 2. The molecule has 0 aromatic heterocycles. The summed E-state index contributed by atoms with van der Waals surface area (Å²) in [4.78, 5) is 12.3. The number of hydrogen-bond acceptors (Lipinski definition) is 3. The van der Waals surface area contributed by atoms with Crippen LogP contribution in [0.4, 0.5) is 11.4 Å². The van der Waals surface area contributed by atoms with E-state index in [0.717, 1.165) is 18.5 Å². The van der Waals surface area contributed by atoms with Gasteiger partial charge in [0.15, 0.2) is 0 Å². The molecule has 1 aromatic carbocycles. The van der Waals surface area contributed by atoms with E-state index in [0.29, 0.717) is 0 Å². The van der Waals surface area contributed by atoms with Crippen LogP contribution in [-0.2, 0) is 0 Å². The smallest absolute Gasteiger partial charge is 0.269 e. The Bertz CT molecular complexity index is 437. The molecule has 0 saturated heterocycles. The summed E-state index contributed by atoms with van der Waals surface area (Å²) in [5.41, 5.74) is 2.45. The lowest BCUT2D eigenvalue weighted by Crippen LogP contribution is -2.17. The summed E-state index contributed by atoms with van der Waals surface area (Å²) in [7, 11) is 2.01. The first-order chi connectivity index (χ1) is 8.18. The maximum absolute atomic E-state index is 10.6. The highest BCUT2D eigenvalue weighted by molar-refractivity contribution is 5.54. The topological polar surface area (TPSA) is 46.4 Å². The summed E-state index contributed by atoms with van der Waals surface area (Å²) < 4.78 is 0. The number of benzene rings is 1. The Kier molecular flexibility index (Phi) is 3.42. The van der Waals surface area contributed by atoms with Crippen LogP contribution in [0.3, 0.4) is 0 Å². The van der Waals surface area contributed by atoms with Crippen molar-refractivity contribution in [1.82, 2.24) is 0 Å². The van der Waals surface area contributed by atoms with Crippen LogP contribution in [0.2, 0.25) is 0 Å². The summed E-state index contributed by atoms with van der Waals surface area (Å²) in [5, 5.41) is 10.6. The molecule has 0 N–H and O–H groups in total. The highest BCUT2D eigenvalue weighted by atomic mass is 16.6. The molecule has 0 saturated carbocycles. The van der Waals surface area contributed by atoms with Crippen LogP contribution in [0.1, 0.15) is 25.7 Å². The van der Waals surface area contributed by atoms with Crippen LogP contribution in [-0.4, -0.2) is 12.0 Å². The number of nitrogens with zero attached hydrogens (tertiary/aromatic N) is 2. The highest BCUT2D eigenvalue weighted by Crippen LogP contribution is 2.26. The number of non-ortho nitro benzene ring substituents is 1. The molecule has 0 radical (unpaired) electrons. The first-order valence-electron chi connectivity index (χ1n) is 5.86. The summed E-state index contributed by atoms with van der Waals surface area (Å²) in [6.45, 7) is 0. The summed E-state index contributed by atoms with van der Waals surface area (Å²) in [6.07, 6.45) is 6.96. The average Bonchev–Trinajstić information content (AvgIpc) is 2.39. The molecule has 0 heterocycles. The largest absolute Gasteiger partial charge is 0.348 e. The van der Waals surface area contributed by atoms with E-state index < -0.39 is 0 Å². The summed E-state index contributed by atoms with van der Waals surface area (Å²) >= 11 is 0. The molecule has 4 nitrogen and oxygen atoms in total. The third-order valence-electron chi connectivity index (χ3n) is 3.15. The van der Waals surface area contributed by atoms with Gasteiger partial charge in [0.05, 0.1) is 4.92 Å². The minimum atomic E-state index is -0.371. The van der Waals surface area contributed by atoms with E-state index in [4.69, 9.17) is 0 Å². The van der Waals surface area contributed by atoms with Crippen LogP contribution in [0, 0.1) is 10.1 Å². The van der Waals surface area contributed by atoms with Crippen molar-refractivity contribution in [3.63, 3.8) is 0 Å². The maximum atomic E-state index is 10.6. The third-order valence-corrected chi connectivity index (χ3v) is 3.15. The number of anilines is 1. The Labute approximate surface area is 101 Å². The van der Waals surface area contributed by atoms with E-state index >= 15 is 0 Å². The minimum Gasteiger partial charge on any atom is -0.348 e. The van der Waals surface area contributed by atoms with Crippen molar-refractivity contribution in [2.24, 2.45) is 0 Å². The predicted octanol–water partition coefficient (Wildman–Crippen LogP) is 3.49. The number of nitro benzene ring substituents is 1. The van der Waals surface area contributed by atoms with Gasteiger partial charge < -0.3 is 4.90 Å². The molecule has 0 fully saturated rings. The molecule has 0 spiro atoms. The van der Waals surface area contributed by atoms with Gasteiger partial charge in [-0.1, -0.05) is 6.08 Å². The second-order valence-electron chi connectivity index (χ2n) is 4.27. The Morgan fingerprint density at radius 2 is 1.94 bits per heavy atom. The van der Waals surface area contributed by atoms with Gasteiger partial charge >= 0.3 is 0 Å². The van der Waals surface area contributed by atoms with Gasteiger partial charge in [-0.2, -0.15) is 0 Å². The lowest BCUT2D eigenvalue weighted by molar-refractivity contribution is -0.384. The molecule has 1 aromatic rings. The highest BCUT2D eigenvalue weighted by Gasteiger charge is 2.11. The van der Waals surface area contributed by atoms with Gasteiger partial charge in [-0.15, -0.1) is 0 Å². The number of nitro groups is 1. The van der Waals surface area contributed by atoms with E-state index in [9.17, 15) is 10.1 Å². The first kappa shape index (κ1) is 11.6. The lowest BCUT2D eigenvalue weighted by atomic mass is 10.0. The number of rotatable bonds is 3. The molecule has 4 heteroatoms. The zero-order valence-electron chi connectivity index (χ0n) is 9.93. The van der Waals surface area contributed by atoms with Crippen LogP contribution >= 0.6 is 0 Å². The Morgan fingerprint density at radius 1 is 1.24 bits per heavy atom. The summed E-state index contributed by atoms with van der Waals surface area (Å²) in [6, 6.07) is 6.70. The van der Waals surface area contributed by atoms with Crippen molar-refractivity contribution in [2.45, 2.75) is 25.7 Å². The number of hydrogen-bond donors (Lipinski definition) is 0. The van der Waals surface area contributed by atoms with Crippen LogP contribution in [0.5, 0.6) is 0 Å². The molecule has 17 heavy (non-hydrogen) atoms. The molecule has 0 aliphatic heterocycles. The first-order valence-corrected chi connectivity index (χ1v) is 5.86. The monoisotopic (exact) mass is 232 g/mol. The van der Waals surface area contributed by atoms with Crippen LogP contribution in [0.25, 0.3) is 0 Å². The van der Waals surface area contributed by atoms with Gasteiger partial charge in [0.25, 0.3) is 5.69 Å². The van der Waals surface area contributed by atoms with Crippen molar-refractivity contribution in [3.05, 3.63) is 46.2 Å². The molecule has 1 aliphatic carbocycles. The summed E-state index contributed by atoms with van der Waals surface area (Å²) in [5.74, 6) is 0. The van der Waals surface area contributed by atoms with E-state index in [1.54, 1.807) is 24.3 Å². The van der Waals surface area contributed by atoms with E-state index in [-0.39, 0.29) is 10.6 Å². The quantitative estimate of drug-likeness (QED) is 0.592. The molecule has 0 amide bonds. The molecule has 0 unspecified atom stereocenters.